The summed E-state index contributed by atoms with van der Waals surface area (Å²) in [7, 11) is 0. The van der Waals surface area contributed by atoms with Gasteiger partial charge >= 0.3 is 0 Å². The Balaban J connectivity index is 1.74. The molecular weight excluding hydrogens is 318 g/mol. The second-order valence-electron chi connectivity index (χ2n) is 5.89. The summed E-state index contributed by atoms with van der Waals surface area (Å²) < 4.78 is 7.21. The summed E-state index contributed by atoms with van der Waals surface area (Å²) in [4.78, 5) is 14.2. The molecule has 0 spiro atoms. The number of aromatic nitrogens is 3. The zero-order valence-electron chi connectivity index (χ0n) is 15.2. The zero-order chi connectivity index (χ0) is 18.1. The van der Waals surface area contributed by atoms with Crippen LogP contribution in [-0.4, -0.2) is 52.0 Å². The number of nitrogens with one attached hydrogen (secondary N) is 1. The highest BCUT2D eigenvalue weighted by atomic mass is 16.5. The predicted octanol–water partition coefficient (Wildman–Crippen LogP) is 1.62. The van der Waals surface area contributed by atoms with Crippen molar-refractivity contribution < 1.29 is 9.53 Å². The van der Waals surface area contributed by atoms with Gasteiger partial charge in [-0.15, -0.1) is 5.10 Å². The first kappa shape index (κ1) is 18.9. The van der Waals surface area contributed by atoms with Gasteiger partial charge in [0.1, 0.15) is 24.6 Å². The fourth-order valence-electron chi connectivity index (χ4n) is 2.44. The predicted molar refractivity (Wildman–Crippen MR) is 96.3 cm³/mol. The lowest BCUT2D eigenvalue weighted by atomic mass is 10.2. The van der Waals surface area contributed by atoms with Crippen molar-refractivity contribution in [3.63, 3.8) is 0 Å². The van der Waals surface area contributed by atoms with E-state index in [2.05, 4.69) is 34.4 Å². The minimum Gasteiger partial charge on any atom is -0.487 e. The van der Waals surface area contributed by atoms with Crippen LogP contribution in [0, 0.1) is 6.92 Å². The molecule has 2 rings (SSSR count). The number of likely N-dealkylation sites (N-methyl/N-ethyl adjacent to an activating group) is 1. The lowest BCUT2D eigenvalue weighted by Gasteiger charge is -2.17. The van der Waals surface area contributed by atoms with Crippen molar-refractivity contribution in [1.82, 2.24) is 25.2 Å². The molecule has 0 saturated carbocycles. The zero-order valence-corrected chi connectivity index (χ0v) is 15.2. The Morgan fingerprint density at radius 2 is 2.12 bits per heavy atom. The number of aryl methyl sites for hydroxylation is 1. The number of rotatable bonds is 10. The highest BCUT2D eigenvalue weighted by Crippen LogP contribution is 2.13. The molecule has 0 atom stereocenters. The third-order valence-electron chi connectivity index (χ3n) is 3.91. The molecule has 1 N–H and O–H groups in total. The van der Waals surface area contributed by atoms with Crippen molar-refractivity contribution in [2.24, 2.45) is 0 Å². The molecule has 0 radical (unpaired) electrons. The van der Waals surface area contributed by atoms with Crippen molar-refractivity contribution in [1.29, 1.82) is 0 Å². The van der Waals surface area contributed by atoms with E-state index in [0.717, 1.165) is 30.9 Å². The summed E-state index contributed by atoms with van der Waals surface area (Å²) in [5, 5.41) is 10.9. The number of carbonyl (C=O) groups is 1. The molecule has 7 nitrogen and oxygen atoms in total. The number of hydrogen-bond donors (Lipinski definition) is 1. The largest absolute Gasteiger partial charge is 0.487 e. The highest BCUT2D eigenvalue weighted by molar-refractivity contribution is 5.75. The van der Waals surface area contributed by atoms with Gasteiger partial charge in [-0.2, -0.15) is 0 Å². The van der Waals surface area contributed by atoms with E-state index in [1.807, 2.05) is 31.2 Å². The van der Waals surface area contributed by atoms with Crippen LogP contribution < -0.4 is 10.1 Å². The lowest BCUT2D eigenvalue weighted by molar-refractivity contribution is -0.121. The number of nitrogens with zero attached hydrogens (tertiary/aromatic N) is 4. The van der Waals surface area contributed by atoms with E-state index in [9.17, 15) is 4.79 Å². The van der Waals surface area contributed by atoms with Gasteiger partial charge in [0.2, 0.25) is 5.91 Å². The van der Waals surface area contributed by atoms with E-state index in [1.54, 1.807) is 6.20 Å². The Bertz CT molecular complexity index is 667. The van der Waals surface area contributed by atoms with Gasteiger partial charge in [0.25, 0.3) is 0 Å². The second-order valence-corrected chi connectivity index (χ2v) is 5.89. The number of ether oxygens (including phenoxy) is 1. The van der Waals surface area contributed by atoms with Gasteiger partial charge in [-0.1, -0.05) is 31.2 Å². The van der Waals surface area contributed by atoms with Crippen LogP contribution in [0.25, 0.3) is 0 Å². The van der Waals surface area contributed by atoms with Crippen LogP contribution in [-0.2, 0) is 17.9 Å². The lowest BCUT2D eigenvalue weighted by Crippen LogP contribution is -2.36. The van der Waals surface area contributed by atoms with Crippen LogP contribution in [0.3, 0.4) is 0 Å². The molecule has 1 aromatic carbocycles. The molecule has 2 aromatic rings. The summed E-state index contributed by atoms with van der Waals surface area (Å²) in [5.41, 5.74) is 1.83. The summed E-state index contributed by atoms with van der Waals surface area (Å²) in [6.45, 7) is 10.2. The third kappa shape index (κ3) is 6.54. The summed E-state index contributed by atoms with van der Waals surface area (Å²) in [6, 6.07) is 7.83. The number of hydrogen-bond acceptors (Lipinski definition) is 5. The maximum atomic E-state index is 11.9. The van der Waals surface area contributed by atoms with Gasteiger partial charge in [-0.3, -0.25) is 4.79 Å². The van der Waals surface area contributed by atoms with E-state index in [4.69, 9.17) is 4.74 Å². The number of amides is 1. The summed E-state index contributed by atoms with van der Waals surface area (Å²) in [5.74, 6) is 0.729. The standard InChI is InChI=1S/C18H27N5O2/c1-4-22(5-2)10-9-19-18(24)13-23-12-16(20-21-23)14-25-17-8-6-7-15(3)11-17/h6-8,11-12H,4-5,9-10,13-14H2,1-3H3,(H,19,24). The molecule has 136 valence electrons. The molecule has 1 amide bonds. The monoisotopic (exact) mass is 345 g/mol. The quantitative estimate of drug-likeness (QED) is 0.708. The third-order valence-corrected chi connectivity index (χ3v) is 3.91. The van der Waals surface area contributed by atoms with Crippen LogP contribution in [0.15, 0.2) is 30.5 Å². The van der Waals surface area contributed by atoms with Crippen LogP contribution in [0.1, 0.15) is 25.1 Å². The molecule has 0 saturated heterocycles. The Morgan fingerprint density at radius 1 is 1.32 bits per heavy atom. The number of carbonyl (C=O) groups excluding carboxylic acids is 1. The average Bonchev–Trinajstić information content (AvgIpc) is 3.04. The molecular formula is C18H27N5O2. The van der Waals surface area contributed by atoms with E-state index >= 15 is 0 Å². The Kier molecular flexibility index (Phi) is 7.40. The molecule has 1 heterocycles. The Labute approximate surface area is 149 Å². The fourth-order valence-corrected chi connectivity index (χ4v) is 2.44. The van der Waals surface area contributed by atoms with Crippen molar-refractivity contribution >= 4 is 5.91 Å². The molecule has 25 heavy (non-hydrogen) atoms. The Hall–Kier alpha value is -2.41. The van der Waals surface area contributed by atoms with Crippen molar-refractivity contribution in [2.45, 2.75) is 33.9 Å². The molecule has 1 aromatic heterocycles. The number of benzene rings is 1. The van der Waals surface area contributed by atoms with Crippen LogP contribution in [0.5, 0.6) is 5.75 Å². The smallest absolute Gasteiger partial charge is 0.241 e. The fraction of sp³-hybridized carbons (Fsp3) is 0.500. The maximum absolute atomic E-state index is 11.9. The molecule has 0 aliphatic carbocycles. The second kappa shape index (κ2) is 9.78. The van der Waals surface area contributed by atoms with E-state index in [0.29, 0.717) is 18.8 Å². The van der Waals surface area contributed by atoms with Crippen LogP contribution in [0.4, 0.5) is 0 Å². The first-order valence-corrected chi connectivity index (χ1v) is 8.68. The summed E-state index contributed by atoms with van der Waals surface area (Å²) in [6.07, 6.45) is 1.74. The van der Waals surface area contributed by atoms with Gasteiger partial charge < -0.3 is 15.0 Å². The Morgan fingerprint density at radius 3 is 2.84 bits per heavy atom. The van der Waals surface area contributed by atoms with Crippen molar-refractivity contribution in [3.8, 4) is 5.75 Å². The SMILES string of the molecule is CCN(CC)CCNC(=O)Cn1cc(COc2cccc(C)c2)nn1. The van der Waals surface area contributed by atoms with Gasteiger partial charge in [0.05, 0.1) is 6.20 Å². The first-order valence-electron chi connectivity index (χ1n) is 8.68. The van der Waals surface area contributed by atoms with Crippen molar-refractivity contribution in [3.05, 3.63) is 41.7 Å². The van der Waals surface area contributed by atoms with Gasteiger partial charge in [0, 0.05) is 13.1 Å². The van der Waals surface area contributed by atoms with E-state index in [1.165, 1.54) is 4.68 Å². The summed E-state index contributed by atoms with van der Waals surface area (Å²) >= 11 is 0. The molecule has 0 bridgehead atoms. The molecule has 7 heteroatoms. The average molecular weight is 345 g/mol. The highest BCUT2D eigenvalue weighted by Gasteiger charge is 2.07. The normalized spacial score (nSPS) is 10.9. The van der Waals surface area contributed by atoms with E-state index < -0.39 is 0 Å². The topological polar surface area (TPSA) is 72.3 Å². The first-order chi connectivity index (χ1) is 12.1. The minimum atomic E-state index is -0.0665. The van der Waals surface area contributed by atoms with Gasteiger partial charge in [0.15, 0.2) is 0 Å². The molecule has 0 aliphatic heterocycles. The van der Waals surface area contributed by atoms with Gasteiger partial charge in [-0.25, -0.2) is 4.68 Å². The maximum Gasteiger partial charge on any atom is 0.241 e. The van der Waals surface area contributed by atoms with Crippen LogP contribution in [0.2, 0.25) is 0 Å². The van der Waals surface area contributed by atoms with Gasteiger partial charge in [-0.05, 0) is 37.7 Å². The van der Waals surface area contributed by atoms with E-state index in [-0.39, 0.29) is 12.5 Å². The molecule has 0 unspecified atom stereocenters. The van der Waals surface area contributed by atoms with Crippen LogP contribution >= 0.6 is 0 Å². The molecule has 0 fully saturated rings. The molecule has 0 aliphatic rings. The van der Waals surface area contributed by atoms with Crippen molar-refractivity contribution in [2.75, 3.05) is 26.2 Å². The minimum absolute atomic E-state index is 0.0665.